The zero-order valence-electron chi connectivity index (χ0n) is 8.38. The first-order valence-corrected chi connectivity index (χ1v) is 5.13. The summed E-state index contributed by atoms with van der Waals surface area (Å²) in [5.74, 6) is 1.71. The Hall–Kier alpha value is -2.36. The SMILES string of the molecule is c1ccc2c(c1)[N+]=C1Nc3ncccc3N12. The van der Waals surface area contributed by atoms with Crippen LogP contribution in [-0.4, -0.2) is 10.9 Å². The third-order valence-electron chi connectivity index (χ3n) is 2.82. The van der Waals surface area contributed by atoms with E-state index in [2.05, 4.69) is 26.3 Å². The summed E-state index contributed by atoms with van der Waals surface area (Å²) in [4.78, 5) is 10.9. The van der Waals surface area contributed by atoms with Crippen LogP contribution in [0.4, 0.5) is 22.9 Å². The van der Waals surface area contributed by atoms with E-state index < -0.39 is 0 Å². The molecular formula is C12H8N4+. The van der Waals surface area contributed by atoms with Crippen molar-refractivity contribution in [3.63, 3.8) is 0 Å². The Balaban J connectivity index is 1.98. The molecule has 75 valence electrons. The van der Waals surface area contributed by atoms with Crippen molar-refractivity contribution in [2.24, 2.45) is 0 Å². The van der Waals surface area contributed by atoms with Gasteiger partial charge in [0, 0.05) is 6.20 Å². The van der Waals surface area contributed by atoms with Crippen LogP contribution in [0.15, 0.2) is 42.6 Å². The second-order valence-corrected chi connectivity index (χ2v) is 3.76. The number of guanidine groups is 1. The molecular weight excluding hydrogens is 200 g/mol. The highest BCUT2D eigenvalue weighted by molar-refractivity contribution is 6.21. The number of hydrogen-bond acceptors (Lipinski definition) is 4. The molecule has 0 amide bonds. The standard InChI is InChI=1S/C12H8N4/c1-2-5-9-8(4-1)14-12-15-11-10(16(9)12)6-3-7-13-11/h1-7H,(H,13,15)/q+1. The average Bonchev–Trinajstić information content (AvgIpc) is 2.83. The smallest absolute Gasteiger partial charge is 0.222 e. The molecule has 1 aromatic heterocycles. The third kappa shape index (κ3) is 0.839. The van der Waals surface area contributed by atoms with Crippen molar-refractivity contribution in [2.75, 3.05) is 10.2 Å². The van der Waals surface area contributed by atoms with Gasteiger partial charge in [0.15, 0.2) is 17.1 Å². The molecule has 3 heterocycles. The number of benzene rings is 1. The Morgan fingerprint density at radius 3 is 2.94 bits per heavy atom. The van der Waals surface area contributed by atoms with Gasteiger partial charge in [-0.05, 0) is 24.3 Å². The summed E-state index contributed by atoms with van der Waals surface area (Å²) in [5.41, 5.74) is 3.17. The number of para-hydroxylation sites is 2. The van der Waals surface area contributed by atoms with E-state index in [0.717, 1.165) is 28.8 Å². The van der Waals surface area contributed by atoms with E-state index in [1.165, 1.54) is 0 Å². The summed E-state index contributed by atoms with van der Waals surface area (Å²) in [7, 11) is 0. The number of anilines is 3. The van der Waals surface area contributed by atoms with Gasteiger partial charge < -0.3 is 0 Å². The van der Waals surface area contributed by atoms with Crippen LogP contribution < -0.4 is 15.2 Å². The molecule has 1 radical (unpaired) electrons. The molecule has 2 aliphatic rings. The Morgan fingerprint density at radius 2 is 1.94 bits per heavy atom. The number of hydrogen-bond donors (Lipinski definition) is 1. The normalized spacial score (nSPS) is 15.0. The van der Waals surface area contributed by atoms with Crippen molar-refractivity contribution >= 4 is 28.8 Å². The van der Waals surface area contributed by atoms with Crippen molar-refractivity contribution in [1.82, 2.24) is 9.98 Å². The van der Waals surface area contributed by atoms with Gasteiger partial charge in [-0.3, -0.25) is 0 Å². The molecule has 2 aliphatic heterocycles. The summed E-state index contributed by atoms with van der Waals surface area (Å²) in [5, 5.41) is 3.21. The van der Waals surface area contributed by atoms with Crippen molar-refractivity contribution in [3.05, 3.63) is 42.6 Å². The lowest BCUT2D eigenvalue weighted by Crippen LogP contribution is -2.24. The third-order valence-corrected chi connectivity index (χ3v) is 2.82. The fraction of sp³-hybridized carbons (Fsp3) is 0. The Labute approximate surface area is 92.3 Å². The van der Waals surface area contributed by atoms with Gasteiger partial charge in [0.1, 0.15) is 0 Å². The van der Waals surface area contributed by atoms with Crippen LogP contribution in [0.25, 0.3) is 0 Å². The van der Waals surface area contributed by atoms with Gasteiger partial charge in [0.2, 0.25) is 5.82 Å². The maximum Gasteiger partial charge on any atom is 0.404 e. The molecule has 1 aromatic carbocycles. The molecule has 4 heteroatoms. The Bertz CT molecular complexity index is 618. The molecule has 4 rings (SSSR count). The fourth-order valence-corrected chi connectivity index (χ4v) is 2.13. The number of aliphatic imine (C=N–C) groups is 1. The quantitative estimate of drug-likeness (QED) is 0.719. The molecule has 2 aromatic rings. The molecule has 0 spiro atoms. The van der Waals surface area contributed by atoms with E-state index in [1.807, 2.05) is 30.3 Å². The maximum absolute atomic E-state index is 4.52. The molecule has 0 unspecified atom stereocenters. The van der Waals surface area contributed by atoms with E-state index in [1.54, 1.807) is 6.20 Å². The minimum Gasteiger partial charge on any atom is -0.222 e. The topological polar surface area (TPSA) is 42.3 Å². The van der Waals surface area contributed by atoms with E-state index >= 15 is 0 Å². The van der Waals surface area contributed by atoms with E-state index in [9.17, 15) is 0 Å². The number of pyridine rings is 1. The lowest BCUT2D eigenvalue weighted by molar-refractivity contribution is 1.32. The van der Waals surface area contributed by atoms with Gasteiger partial charge in [0.25, 0.3) is 0 Å². The Morgan fingerprint density at radius 1 is 1.06 bits per heavy atom. The van der Waals surface area contributed by atoms with E-state index in [-0.39, 0.29) is 0 Å². The number of aromatic nitrogens is 1. The highest BCUT2D eigenvalue weighted by Gasteiger charge is 2.42. The molecule has 16 heavy (non-hydrogen) atoms. The monoisotopic (exact) mass is 208 g/mol. The molecule has 0 aliphatic carbocycles. The van der Waals surface area contributed by atoms with Gasteiger partial charge >= 0.3 is 5.96 Å². The van der Waals surface area contributed by atoms with Crippen LogP contribution >= 0.6 is 0 Å². The number of nitrogens with zero attached hydrogens (tertiary/aromatic N) is 3. The van der Waals surface area contributed by atoms with Crippen molar-refractivity contribution in [2.45, 2.75) is 0 Å². The highest BCUT2D eigenvalue weighted by Crippen LogP contribution is 2.42. The van der Waals surface area contributed by atoms with Crippen LogP contribution in [0.5, 0.6) is 0 Å². The molecule has 0 bridgehead atoms. The first-order valence-electron chi connectivity index (χ1n) is 5.13. The predicted octanol–water partition coefficient (Wildman–Crippen LogP) is 1.98. The zero-order valence-corrected chi connectivity index (χ0v) is 8.38. The first-order chi connectivity index (χ1) is 7.93. The summed E-state index contributed by atoms with van der Waals surface area (Å²) >= 11 is 0. The van der Waals surface area contributed by atoms with Gasteiger partial charge in [-0.2, -0.15) is 4.90 Å². The first kappa shape index (κ1) is 7.87. The summed E-state index contributed by atoms with van der Waals surface area (Å²) in [6, 6.07) is 12.1. The summed E-state index contributed by atoms with van der Waals surface area (Å²) in [6.45, 7) is 0. The van der Waals surface area contributed by atoms with Gasteiger partial charge in [-0.25, -0.2) is 10.3 Å². The lowest BCUT2D eigenvalue weighted by atomic mass is 10.2. The molecule has 0 atom stereocenters. The second kappa shape index (κ2) is 2.61. The average molecular weight is 208 g/mol. The van der Waals surface area contributed by atoms with Crippen LogP contribution in [0.1, 0.15) is 0 Å². The molecule has 1 N–H and O–H groups in total. The number of rotatable bonds is 0. The molecule has 0 fully saturated rings. The lowest BCUT2D eigenvalue weighted by Gasteiger charge is -2.05. The maximum atomic E-state index is 4.52. The van der Waals surface area contributed by atoms with Crippen LogP contribution in [0.3, 0.4) is 0 Å². The molecule has 0 saturated heterocycles. The second-order valence-electron chi connectivity index (χ2n) is 3.76. The van der Waals surface area contributed by atoms with Gasteiger partial charge in [-0.1, -0.05) is 17.1 Å². The summed E-state index contributed by atoms with van der Waals surface area (Å²) in [6.07, 6.45) is 1.78. The minimum atomic E-state index is 0.843. The summed E-state index contributed by atoms with van der Waals surface area (Å²) < 4.78 is 0. The predicted molar refractivity (Wildman–Crippen MR) is 63.2 cm³/mol. The molecule has 4 nitrogen and oxygen atoms in total. The van der Waals surface area contributed by atoms with Gasteiger partial charge in [0.05, 0.1) is 0 Å². The largest absolute Gasteiger partial charge is 0.404 e. The Kier molecular flexibility index (Phi) is 1.28. The van der Waals surface area contributed by atoms with Crippen molar-refractivity contribution < 1.29 is 0 Å². The van der Waals surface area contributed by atoms with Crippen LogP contribution in [0.2, 0.25) is 0 Å². The van der Waals surface area contributed by atoms with Crippen molar-refractivity contribution in [3.8, 4) is 0 Å². The van der Waals surface area contributed by atoms with Crippen molar-refractivity contribution in [1.29, 1.82) is 0 Å². The number of nitrogens with one attached hydrogen (secondary N) is 1. The highest BCUT2D eigenvalue weighted by atomic mass is 15.4. The fourth-order valence-electron chi connectivity index (χ4n) is 2.13. The molecule has 0 saturated carbocycles. The van der Waals surface area contributed by atoms with E-state index in [0.29, 0.717) is 0 Å². The zero-order chi connectivity index (χ0) is 10.5. The van der Waals surface area contributed by atoms with Crippen LogP contribution in [-0.2, 0) is 0 Å². The number of fused-ring (bicyclic) bond motifs is 5. The van der Waals surface area contributed by atoms with Crippen LogP contribution in [0, 0.1) is 0 Å². The van der Waals surface area contributed by atoms with Gasteiger partial charge in [-0.15, -0.1) is 0 Å². The van der Waals surface area contributed by atoms with E-state index in [4.69, 9.17) is 0 Å². The minimum absolute atomic E-state index is 0.843.